The predicted octanol–water partition coefficient (Wildman–Crippen LogP) is 5.47. The first-order chi connectivity index (χ1) is 13.3. The maximum Gasteiger partial charge on any atom is 0.270 e. The topological polar surface area (TPSA) is 70.8 Å². The third-order valence-electron chi connectivity index (χ3n) is 4.27. The molecule has 2 aromatic rings. The molecule has 0 fully saturated rings. The van der Waals surface area contributed by atoms with Gasteiger partial charge >= 0.3 is 0 Å². The predicted molar refractivity (Wildman–Crippen MR) is 117 cm³/mol. The Balaban J connectivity index is 2.37. The number of rotatable bonds is 9. The number of nitrogens with zero attached hydrogens (tertiary/aromatic N) is 3. The summed E-state index contributed by atoms with van der Waals surface area (Å²) in [5.74, 6) is 0.952. The fourth-order valence-electron chi connectivity index (χ4n) is 3.07. The molecule has 0 bridgehead atoms. The number of nitrogens with one attached hydrogen (secondary N) is 1. The maximum absolute atomic E-state index is 11.3. The van der Waals surface area contributed by atoms with Crippen LogP contribution in [0, 0.1) is 28.9 Å². The van der Waals surface area contributed by atoms with Crippen LogP contribution in [-0.4, -0.2) is 24.2 Å². The number of para-hydroxylation sites is 1. The van der Waals surface area contributed by atoms with Gasteiger partial charge in [-0.2, -0.15) is 5.10 Å². The highest BCUT2D eigenvalue weighted by Crippen LogP contribution is 2.26. The Labute approximate surface area is 167 Å². The first kappa shape index (κ1) is 21.4. The van der Waals surface area contributed by atoms with E-state index in [4.69, 9.17) is 0 Å². The van der Waals surface area contributed by atoms with Gasteiger partial charge in [-0.25, -0.2) is 0 Å². The van der Waals surface area contributed by atoms with Crippen molar-refractivity contribution in [2.45, 2.75) is 34.6 Å². The number of nitro benzene ring substituents is 1. The molecule has 0 spiro atoms. The molecule has 28 heavy (non-hydrogen) atoms. The number of non-ortho nitro benzene ring substituents is 1. The van der Waals surface area contributed by atoms with Crippen LogP contribution in [0.1, 0.15) is 38.8 Å². The summed E-state index contributed by atoms with van der Waals surface area (Å²) in [7, 11) is 0. The lowest BCUT2D eigenvalue weighted by atomic mass is 10.1. The van der Waals surface area contributed by atoms with Crippen LogP contribution in [0.5, 0.6) is 0 Å². The van der Waals surface area contributed by atoms with E-state index in [1.54, 1.807) is 18.3 Å². The first-order valence-corrected chi connectivity index (χ1v) is 9.66. The molecule has 0 saturated carbocycles. The first-order valence-electron chi connectivity index (χ1n) is 9.66. The minimum atomic E-state index is -0.370. The molecule has 0 unspecified atom stereocenters. The largest absolute Gasteiger partial charge is 0.370 e. The number of hydrazone groups is 1. The van der Waals surface area contributed by atoms with Crippen molar-refractivity contribution in [2.75, 3.05) is 23.4 Å². The number of hydrogen-bond donors (Lipinski definition) is 1. The molecule has 2 rings (SSSR count). The maximum atomic E-state index is 11.3. The molecule has 2 aromatic carbocycles. The molecule has 6 heteroatoms. The summed E-state index contributed by atoms with van der Waals surface area (Å²) in [5, 5.41) is 15.6. The molecular weight excluding hydrogens is 352 g/mol. The summed E-state index contributed by atoms with van der Waals surface area (Å²) < 4.78 is 0. The molecule has 0 aliphatic rings. The van der Waals surface area contributed by atoms with E-state index in [1.807, 2.05) is 37.3 Å². The molecular formula is C22H30N4O2. The Bertz CT molecular complexity index is 821. The van der Waals surface area contributed by atoms with Gasteiger partial charge in [0.25, 0.3) is 5.69 Å². The molecule has 1 N–H and O–H groups in total. The Morgan fingerprint density at radius 1 is 1.11 bits per heavy atom. The van der Waals surface area contributed by atoms with Gasteiger partial charge in [0.15, 0.2) is 0 Å². The number of hydrogen-bond acceptors (Lipinski definition) is 5. The zero-order valence-corrected chi connectivity index (χ0v) is 17.3. The number of aryl methyl sites for hydroxylation is 1. The monoisotopic (exact) mass is 382 g/mol. The second kappa shape index (κ2) is 9.88. The quantitative estimate of drug-likeness (QED) is 0.355. The van der Waals surface area contributed by atoms with Crippen molar-refractivity contribution < 1.29 is 4.92 Å². The van der Waals surface area contributed by atoms with Crippen molar-refractivity contribution in [3.63, 3.8) is 0 Å². The zero-order valence-electron chi connectivity index (χ0n) is 17.3. The summed E-state index contributed by atoms with van der Waals surface area (Å²) in [5.41, 5.74) is 6.79. The molecule has 0 atom stereocenters. The van der Waals surface area contributed by atoms with Crippen molar-refractivity contribution in [1.82, 2.24) is 0 Å². The van der Waals surface area contributed by atoms with Crippen molar-refractivity contribution in [3.8, 4) is 0 Å². The van der Waals surface area contributed by atoms with Crippen LogP contribution in [0.2, 0.25) is 0 Å². The lowest BCUT2D eigenvalue weighted by molar-refractivity contribution is -0.384. The fraction of sp³-hybridized carbons (Fsp3) is 0.409. The van der Waals surface area contributed by atoms with Gasteiger partial charge in [-0.3, -0.25) is 15.5 Å². The van der Waals surface area contributed by atoms with Crippen molar-refractivity contribution in [3.05, 3.63) is 63.7 Å². The smallest absolute Gasteiger partial charge is 0.270 e. The molecule has 6 nitrogen and oxygen atoms in total. The minimum Gasteiger partial charge on any atom is -0.370 e. The summed E-state index contributed by atoms with van der Waals surface area (Å²) in [6.45, 7) is 12.4. The van der Waals surface area contributed by atoms with Gasteiger partial charge in [-0.15, -0.1) is 0 Å². The highest BCUT2D eigenvalue weighted by molar-refractivity contribution is 5.89. The lowest BCUT2D eigenvalue weighted by Crippen LogP contribution is -2.32. The highest BCUT2D eigenvalue weighted by Gasteiger charge is 2.17. The summed E-state index contributed by atoms with van der Waals surface area (Å²) in [6.07, 6.45) is 1.67. The summed E-state index contributed by atoms with van der Waals surface area (Å²) >= 11 is 0. The minimum absolute atomic E-state index is 0.0649. The van der Waals surface area contributed by atoms with Crippen LogP contribution < -0.4 is 10.3 Å². The lowest BCUT2D eigenvalue weighted by Gasteiger charge is -2.29. The Morgan fingerprint density at radius 2 is 1.75 bits per heavy atom. The van der Waals surface area contributed by atoms with Crippen LogP contribution in [0.25, 0.3) is 0 Å². The van der Waals surface area contributed by atoms with Gasteiger partial charge < -0.3 is 4.90 Å². The van der Waals surface area contributed by atoms with E-state index >= 15 is 0 Å². The van der Waals surface area contributed by atoms with E-state index in [1.165, 1.54) is 0 Å². The van der Waals surface area contributed by atoms with Gasteiger partial charge in [0, 0.05) is 36.5 Å². The highest BCUT2D eigenvalue weighted by atomic mass is 16.6. The van der Waals surface area contributed by atoms with Gasteiger partial charge in [-0.1, -0.05) is 45.9 Å². The number of anilines is 2. The van der Waals surface area contributed by atoms with E-state index in [2.05, 4.69) is 43.1 Å². The van der Waals surface area contributed by atoms with Crippen LogP contribution in [0.3, 0.4) is 0 Å². The van der Waals surface area contributed by atoms with Gasteiger partial charge in [0.05, 0.1) is 16.8 Å². The average Bonchev–Trinajstić information content (AvgIpc) is 2.62. The molecule has 0 saturated heterocycles. The second-order valence-electron chi connectivity index (χ2n) is 7.88. The second-order valence-corrected chi connectivity index (χ2v) is 7.88. The van der Waals surface area contributed by atoms with Crippen molar-refractivity contribution >= 4 is 23.3 Å². The molecule has 0 aliphatic carbocycles. The van der Waals surface area contributed by atoms with E-state index in [0.29, 0.717) is 11.8 Å². The van der Waals surface area contributed by atoms with E-state index in [9.17, 15) is 10.1 Å². The average molecular weight is 383 g/mol. The van der Waals surface area contributed by atoms with Crippen molar-refractivity contribution in [1.29, 1.82) is 0 Å². The Morgan fingerprint density at radius 3 is 2.32 bits per heavy atom. The van der Waals surface area contributed by atoms with Gasteiger partial charge in [-0.05, 0) is 36.5 Å². The van der Waals surface area contributed by atoms with Crippen LogP contribution >= 0.6 is 0 Å². The third-order valence-corrected chi connectivity index (χ3v) is 4.27. The Hall–Kier alpha value is -2.89. The molecule has 150 valence electrons. The molecule has 0 heterocycles. The number of benzene rings is 2. The molecule has 0 aromatic heterocycles. The van der Waals surface area contributed by atoms with Gasteiger partial charge in [0.2, 0.25) is 0 Å². The van der Waals surface area contributed by atoms with Crippen molar-refractivity contribution in [2.24, 2.45) is 16.9 Å². The SMILES string of the molecule is Cc1ccccc1N/N=C\c1cc([N+](=O)[O-])ccc1N(CC(C)C)CC(C)C. The molecule has 0 radical (unpaired) electrons. The van der Waals surface area contributed by atoms with E-state index < -0.39 is 0 Å². The van der Waals surface area contributed by atoms with Crippen LogP contribution in [-0.2, 0) is 0 Å². The normalized spacial score (nSPS) is 11.4. The molecule has 0 aliphatic heterocycles. The standard InChI is InChI=1S/C22H30N4O2/c1-16(2)14-25(15-17(3)4)22-11-10-20(26(27)28)12-19(22)13-23-24-21-9-7-6-8-18(21)5/h6-13,16-17,24H,14-15H2,1-5H3/b23-13-. The summed E-state index contributed by atoms with van der Waals surface area (Å²) in [6, 6.07) is 12.9. The number of nitro groups is 1. The molecule has 0 amide bonds. The van der Waals surface area contributed by atoms with Crippen LogP contribution in [0.4, 0.5) is 17.1 Å². The zero-order chi connectivity index (χ0) is 20.7. The van der Waals surface area contributed by atoms with E-state index in [0.717, 1.165) is 35.6 Å². The Kier molecular flexibility index (Phi) is 7.55. The van der Waals surface area contributed by atoms with Crippen LogP contribution in [0.15, 0.2) is 47.6 Å². The third kappa shape index (κ3) is 6.08. The van der Waals surface area contributed by atoms with E-state index in [-0.39, 0.29) is 10.6 Å². The summed E-state index contributed by atoms with van der Waals surface area (Å²) in [4.78, 5) is 13.2. The fourth-order valence-corrected chi connectivity index (χ4v) is 3.07. The van der Waals surface area contributed by atoms with Gasteiger partial charge in [0.1, 0.15) is 0 Å².